The Hall–Kier alpha value is -1.30. The third-order valence-corrected chi connectivity index (χ3v) is 6.94. The fourth-order valence-corrected chi connectivity index (χ4v) is 5.87. The van der Waals surface area contributed by atoms with E-state index in [9.17, 15) is 0 Å². The second-order valence-electron chi connectivity index (χ2n) is 8.16. The second-order valence-corrected chi connectivity index (χ2v) is 8.16. The Kier molecular flexibility index (Phi) is 4.42. The minimum atomic E-state index is 0.744. The maximum absolute atomic E-state index is 3.92. The Morgan fingerprint density at radius 1 is 0.739 bits per heavy atom. The SMILES string of the molecule is C=CCC1CCC(CCC2C3C=CC=CC3C3C=CC=CC32)C1. The van der Waals surface area contributed by atoms with Crippen LogP contribution >= 0.6 is 0 Å². The van der Waals surface area contributed by atoms with Gasteiger partial charge in [0.05, 0.1) is 0 Å². The summed E-state index contributed by atoms with van der Waals surface area (Å²) in [6.45, 7) is 3.92. The molecule has 0 heterocycles. The molecular weight excluding hydrogens is 276 g/mol. The molecule has 4 aliphatic rings. The molecular formula is C23H30. The molecule has 2 saturated carbocycles. The van der Waals surface area contributed by atoms with E-state index in [1.54, 1.807) is 0 Å². The van der Waals surface area contributed by atoms with Gasteiger partial charge in [0.1, 0.15) is 0 Å². The number of hydrogen-bond donors (Lipinski definition) is 0. The van der Waals surface area contributed by atoms with Crippen LogP contribution in [0.3, 0.4) is 0 Å². The van der Waals surface area contributed by atoms with Gasteiger partial charge >= 0.3 is 0 Å². The van der Waals surface area contributed by atoms with Crippen molar-refractivity contribution in [2.75, 3.05) is 0 Å². The van der Waals surface area contributed by atoms with E-state index in [0.717, 1.165) is 41.4 Å². The van der Waals surface area contributed by atoms with Gasteiger partial charge in [-0.1, -0.05) is 67.5 Å². The largest absolute Gasteiger partial charge is 0.103 e. The number of rotatable bonds is 5. The van der Waals surface area contributed by atoms with E-state index >= 15 is 0 Å². The average Bonchev–Trinajstić information content (AvgIpc) is 3.16. The Morgan fingerprint density at radius 2 is 1.30 bits per heavy atom. The molecule has 0 spiro atoms. The molecule has 0 heteroatoms. The molecule has 0 radical (unpaired) electrons. The third-order valence-electron chi connectivity index (χ3n) is 6.94. The fourth-order valence-electron chi connectivity index (χ4n) is 5.87. The summed E-state index contributed by atoms with van der Waals surface area (Å²) in [5.41, 5.74) is 0. The Balaban J connectivity index is 1.41. The highest BCUT2D eigenvalue weighted by Gasteiger charge is 2.46. The van der Waals surface area contributed by atoms with Crippen LogP contribution < -0.4 is 0 Å². The minimum Gasteiger partial charge on any atom is -0.103 e. The van der Waals surface area contributed by atoms with Crippen LogP contribution in [-0.4, -0.2) is 0 Å². The van der Waals surface area contributed by atoms with E-state index in [-0.39, 0.29) is 0 Å². The molecule has 2 fully saturated rings. The first-order valence-corrected chi connectivity index (χ1v) is 9.67. The van der Waals surface area contributed by atoms with Crippen molar-refractivity contribution in [1.82, 2.24) is 0 Å². The summed E-state index contributed by atoms with van der Waals surface area (Å²) in [6, 6.07) is 0. The van der Waals surface area contributed by atoms with Crippen molar-refractivity contribution >= 4 is 0 Å². The predicted molar refractivity (Wildman–Crippen MR) is 98.9 cm³/mol. The molecule has 4 rings (SSSR count). The molecule has 0 N–H and O–H groups in total. The lowest BCUT2D eigenvalue weighted by molar-refractivity contribution is 0.310. The monoisotopic (exact) mass is 306 g/mol. The predicted octanol–water partition coefficient (Wildman–Crippen LogP) is 6.11. The van der Waals surface area contributed by atoms with Crippen molar-refractivity contribution in [3.8, 4) is 0 Å². The third kappa shape index (κ3) is 2.93. The minimum absolute atomic E-state index is 0.744. The molecule has 4 aliphatic carbocycles. The Bertz CT molecular complexity index is 512. The highest BCUT2D eigenvalue weighted by atomic mass is 14.5. The van der Waals surface area contributed by atoms with Crippen molar-refractivity contribution in [2.24, 2.45) is 41.4 Å². The summed E-state index contributed by atoms with van der Waals surface area (Å²) < 4.78 is 0. The molecule has 0 amide bonds. The van der Waals surface area contributed by atoms with E-state index in [1.165, 1.54) is 38.5 Å². The van der Waals surface area contributed by atoms with E-state index in [0.29, 0.717) is 0 Å². The van der Waals surface area contributed by atoms with Crippen LogP contribution in [0.4, 0.5) is 0 Å². The molecule has 0 aromatic carbocycles. The summed E-state index contributed by atoms with van der Waals surface area (Å²) in [5, 5.41) is 0. The van der Waals surface area contributed by atoms with Gasteiger partial charge in [-0.3, -0.25) is 0 Å². The first kappa shape index (κ1) is 15.2. The molecule has 122 valence electrons. The summed E-state index contributed by atoms with van der Waals surface area (Å²) in [4.78, 5) is 0. The molecule has 0 aromatic heterocycles. The van der Waals surface area contributed by atoms with E-state index in [1.807, 2.05) is 0 Å². The number of allylic oxidation sites excluding steroid dienone is 9. The molecule has 0 saturated heterocycles. The van der Waals surface area contributed by atoms with Crippen LogP contribution in [0.2, 0.25) is 0 Å². The highest BCUT2D eigenvalue weighted by Crippen LogP contribution is 2.53. The molecule has 0 aliphatic heterocycles. The van der Waals surface area contributed by atoms with E-state index in [4.69, 9.17) is 0 Å². The summed E-state index contributed by atoms with van der Waals surface area (Å²) in [6.07, 6.45) is 29.6. The Morgan fingerprint density at radius 3 is 1.91 bits per heavy atom. The summed E-state index contributed by atoms with van der Waals surface area (Å²) >= 11 is 0. The lowest BCUT2D eigenvalue weighted by Gasteiger charge is -2.25. The van der Waals surface area contributed by atoms with Crippen molar-refractivity contribution in [3.63, 3.8) is 0 Å². The van der Waals surface area contributed by atoms with Crippen molar-refractivity contribution in [3.05, 3.63) is 61.3 Å². The zero-order valence-electron chi connectivity index (χ0n) is 14.2. The van der Waals surface area contributed by atoms with Gasteiger partial charge in [-0.25, -0.2) is 0 Å². The summed E-state index contributed by atoms with van der Waals surface area (Å²) in [5.74, 6) is 5.79. The molecule has 6 unspecified atom stereocenters. The normalized spacial score (nSPS) is 43.6. The Labute approximate surface area is 141 Å². The van der Waals surface area contributed by atoms with Crippen molar-refractivity contribution < 1.29 is 0 Å². The van der Waals surface area contributed by atoms with Gasteiger partial charge in [0.25, 0.3) is 0 Å². The van der Waals surface area contributed by atoms with Gasteiger partial charge in [0, 0.05) is 0 Å². The lowest BCUT2D eigenvalue weighted by atomic mass is 9.80. The van der Waals surface area contributed by atoms with Crippen molar-refractivity contribution in [1.29, 1.82) is 0 Å². The van der Waals surface area contributed by atoms with Crippen LogP contribution in [0.15, 0.2) is 61.3 Å². The van der Waals surface area contributed by atoms with Gasteiger partial charge < -0.3 is 0 Å². The van der Waals surface area contributed by atoms with E-state index in [2.05, 4.69) is 61.3 Å². The average molecular weight is 306 g/mol. The zero-order chi connectivity index (χ0) is 15.6. The van der Waals surface area contributed by atoms with Gasteiger partial charge in [-0.2, -0.15) is 0 Å². The number of fused-ring (bicyclic) bond motifs is 3. The van der Waals surface area contributed by atoms with Gasteiger partial charge in [-0.05, 0) is 67.1 Å². The standard InChI is InChI=1S/C23H30/c1-2-7-17-12-13-18(16-17)14-15-23-21-10-5-3-8-19(21)20-9-4-6-11-22(20)23/h2-6,8-11,17-23H,1,7,12-16H2. The van der Waals surface area contributed by atoms with Gasteiger partial charge in [-0.15, -0.1) is 6.58 Å². The van der Waals surface area contributed by atoms with Crippen LogP contribution in [0.1, 0.15) is 38.5 Å². The van der Waals surface area contributed by atoms with Crippen molar-refractivity contribution in [2.45, 2.75) is 38.5 Å². The topological polar surface area (TPSA) is 0 Å². The van der Waals surface area contributed by atoms with Crippen LogP contribution in [0, 0.1) is 41.4 Å². The van der Waals surface area contributed by atoms with Crippen LogP contribution in [0.25, 0.3) is 0 Å². The molecule has 6 atom stereocenters. The molecule has 0 nitrogen and oxygen atoms in total. The highest BCUT2D eigenvalue weighted by molar-refractivity contribution is 5.28. The summed E-state index contributed by atoms with van der Waals surface area (Å²) in [7, 11) is 0. The maximum Gasteiger partial charge on any atom is -0.00956 e. The quantitative estimate of drug-likeness (QED) is 0.538. The molecule has 0 bridgehead atoms. The second kappa shape index (κ2) is 6.67. The smallest absolute Gasteiger partial charge is 0.00956 e. The zero-order valence-corrected chi connectivity index (χ0v) is 14.2. The molecule has 23 heavy (non-hydrogen) atoms. The lowest BCUT2D eigenvalue weighted by Crippen LogP contribution is -2.17. The first-order valence-electron chi connectivity index (χ1n) is 9.67. The number of hydrogen-bond acceptors (Lipinski definition) is 0. The van der Waals surface area contributed by atoms with Crippen LogP contribution in [-0.2, 0) is 0 Å². The molecule has 0 aromatic rings. The van der Waals surface area contributed by atoms with Crippen LogP contribution in [0.5, 0.6) is 0 Å². The first-order chi connectivity index (χ1) is 11.4. The maximum atomic E-state index is 3.92. The fraction of sp³-hybridized carbons (Fsp3) is 0.565. The van der Waals surface area contributed by atoms with E-state index < -0.39 is 0 Å². The van der Waals surface area contributed by atoms with Gasteiger partial charge in [0.2, 0.25) is 0 Å². The van der Waals surface area contributed by atoms with Gasteiger partial charge in [0.15, 0.2) is 0 Å².